The van der Waals surface area contributed by atoms with E-state index in [9.17, 15) is 0 Å². The molecule has 3 unspecified atom stereocenters. The van der Waals surface area contributed by atoms with Crippen LogP contribution in [0.3, 0.4) is 0 Å². The van der Waals surface area contributed by atoms with Crippen LogP contribution in [-0.2, 0) is 4.74 Å². The average molecular weight is 241 g/mol. The highest BCUT2D eigenvalue weighted by Gasteiger charge is 2.37. The van der Waals surface area contributed by atoms with Gasteiger partial charge in [0.15, 0.2) is 0 Å². The van der Waals surface area contributed by atoms with Gasteiger partial charge < -0.3 is 10.1 Å². The molecular formula is C15H31NO. The van der Waals surface area contributed by atoms with Crippen molar-refractivity contribution in [1.82, 2.24) is 5.32 Å². The standard InChI is InChI=1S/C15H31NO/c1-6-15(4,5)12-9-10-13(16-7-2)14(11-12)17-8-3/h12-14,16H,6-11H2,1-5H3. The molecule has 3 atom stereocenters. The van der Waals surface area contributed by atoms with Gasteiger partial charge in [-0.05, 0) is 44.1 Å². The highest BCUT2D eigenvalue weighted by Crippen LogP contribution is 2.41. The van der Waals surface area contributed by atoms with Crippen LogP contribution in [0.4, 0.5) is 0 Å². The Balaban J connectivity index is 2.61. The fraction of sp³-hybridized carbons (Fsp3) is 1.00. The second-order valence-electron chi connectivity index (χ2n) is 6.01. The lowest BCUT2D eigenvalue weighted by molar-refractivity contribution is -0.0257. The van der Waals surface area contributed by atoms with Crippen LogP contribution < -0.4 is 5.32 Å². The summed E-state index contributed by atoms with van der Waals surface area (Å²) in [4.78, 5) is 0. The molecular weight excluding hydrogens is 210 g/mol. The maximum absolute atomic E-state index is 5.96. The molecule has 17 heavy (non-hydrogen) atoms. The Hall–Kier alpha value is -0.0800. The highest BCUT2D eigenvalue weighted by atomic mass is 16.5. The number of likely N-dealkylation sites (N-methyl/N-ethyl adjacent to an activating group) is 1. The molecule has 0 bridgehead atoms. The molecule has 1 aliphatic carbocycles. The largest absolute Gasteiger partial charge is 0.377 e. The van der Waals surface area contributed by atoms with Crippen LogP contribution in [0.1, 0.15) is 60.3 Å². The molecule has 1 aliphatic rings. The Morgan fingerprint density at radius 3 is 2.41 bits per heavy atom. The second kappa shape index (κ2) is 6.75. The van der Waals surface area contributed by atoms with E-state index in [1.165, 1.54) is 25.7 Å². The smallest absolute Gasteiger partial charge is 0.0730 e. The molecule has 1 saturated carbocycles. The third-order valence-electron chi connectivity index (χ3n) is 4.66. The summed E-state index contributed by atoms with van der Waals surface area (Å²) in [5.74, 6) is 0.818. The van der Waals surface area contributed by atoms with Crippen LogP contribution in [0.25, 0.3) is 0 Å². The molecule has 0 aromatic rings. The molecule has 1 rings (SSSR count). The van der Waals surface area contributed by atoms with Crippen LogP contribution in [0, 0.1) is 11.3 Å². The zero-order valence-electron chi connectivity index (χ0n) is 12.4. The summed E-state index contributed by atoms with van der Waals surface area (Å²) >= 11 is 0. The van der Waals surface area contributed by atoms with Gasteiger partial charge in [-0.15, -0.1) is 0 Å². The zero-order valence-corrected chi connectivity index (χ0v) is 12.4. The predicted octanol–water partition coefficient (Wildman–Crippen LogP) is 3.61. The lowest BCUT2D eigenvalue weighted by atomic mass is 9.68. The minimum absolute atomic E-state index is 0.421. The minimum Gasteiger partial charge on any atom is -0.377 e. The molecule has 0 saturated heterocycles. The number of ether oxygens (including phenoxy) is 1. The summed E-state index contributed by atoms with van der Waals surface area (Å²) in [7, 11) is 0. The Morgan fingerprint density at radius 2 is 1.88 bits per heavy atom. The molecule has 0 heterocycles. The lowest BCUT2D eigenvalue weighted by Gasteiger charge is -2.43. The quantitative estimate of drug-likeness (QED) is 0.767. The fourth-order valence-corrected chi connectivity index (χ4v) is 3.02. The lowest BCUT2D eigenvalue weighted by Crippen LogP contribution is -2.47. The van der Waals surface area contributed by atoms with E-state index in [2.05, 4.69) is 39.9 Å². The first-order valence-electron chi connectivity index (χ1n) is 7.40. The van der Waals surface area contributed by atoms with Crippen LogP contribution in [0.5, 0.6) is 0 Å². The van der Waals surface area contributed by atoms with Gasteiger partial charge in [0.25, 0.3) is 0 Å². The van der Waals surface area contributed by atoms with Crippen molar-refractivity contribution in [2.24, 2.45) is 11.3 Å². The van der Waals surface area contributed by atoms with E-state index in [4.69, 9.17) is 4.74 Å². The third-order valence-corrected chi connectivity index (χ3v) is 4.66. The topological polar surface area (TPSA) is 21.3 Å². The van der Waals surface area contributed by atoms with Gasteiger partial charge in [0, 0.05) is 12.6 Å². The first kappa shape index (κ1) is 15.0. The minimum atomic E-state index is 0.421. The summed E-state index contributed by atoms with van der Waals surface area (Å²) in [6.45, 7) is 13.3. The van der Waals surface area contributed by atoms with Crippen LogP contribution >= 0.6 is 0 Å². The predicted molar refractivity (Wildman–Crippen MR) is 74.3 cm³/mol. The van der Waals surface area contributed by atoms with Crippen molar-refractivity contribution in [1.29, 1.82) is 0 Å². The normalized spacial score (nSPS) is 30.5. The van der Waals surface area contributed by atoms with E-state index in [0.717, 1.165) is 19.1 Å². The maximum atomic E-state index is 5.96. The number of nitrogens with one attached hydrogen (secondary N) is 1. The van der Waals surface area contributed by atoms with E-state index in [-0.39, 0.29) is 0 Å². The molecule has 0 aromatic heterocycles. The van der Waals surface area contributed by atoms with Crippen molar-refractivity contribution >= 4 is 0 Å². The Morgan fingerprint density at radius 1 is 1.18 bits per heavy atom. The van der Waals surface area contributed by atoms with E-state index in [0.29, 0.717) is 17.6 Å². The second-order valence-corrected chi connectivity index (χ2v) is 6.01. The van der Waals surface area contributed by atoms with Crippen molar-refractivity contribution in [2.45, 2.75) is 72.4 Å². The fourth-order valence-electron chi connectivity index (χ4n) is 3.02. The van der Waals surface area contributed by atoms with Crippen molar-refractivity contribution in [3.63, 3.8) is 0 Å². The van der Waals surface area contributed by atoms with Crippen LogP contribution in [0.15, 0.2) is 0 Å². The van der Waals surface area contributed by atoms with Gasteiger partial charge in [0.2, 0.25) is 0 Å². The van der Waals surface area contributed by atoms with Crippen molar-refractivity contribution in [3.8, 4) is 0 Å². The van der Waals surface area contributed by atoms with E-state index in [1.807, 2.05) is 0 Å². The van der Waals surface area contributed by atoms with Gasteiger partial charge in [0.05, 0.1) is 6.10 Å². The molecule has 0 radical (unpaired) electrons. The Labute approximate surface area is 108 Å². The Bertz CT molecular complexity index is 215. The van der Waals surface area contributed by atoms with E-state index >= 15 is 0 Å². The summed E-state index contributed by atoms with van der Waals surface area (Å²) in [5.41, 5.74) is 0.465. The molecule has 2 nitrogen and oxygen atoms in total. The molecule has 0 spiro atoms. The summed E-state index contributed by atoms with van der Waals surface area (Å²) < 4.78 is 5.96. The monoisotopic (exact) mass is 241 g/mol. The highest BCUT2D eigenvalue weighted by molar-refractivity contribution is 4.90. The van der Waals surface area contributed by atoms with E-state index in [1.54, 1.807) is 0 Å². The number of hydrogen-bond donors (Lipinski definition) is 1. The molecule has 1 fully saturated rings. The molecule has 0 amide bonds. The first-order valence-corrected chi connectivity index (χ1v) is 7.40. The molecule has 2 heteroatoms. The number of rotatable bonds is 6. The van der Waals surface area contributed by atoms with Crippen LogP contribution in [0.2, 0.25) is 0 Å². The van der Waals surface area contributed by atoms with Crippen molar-refractivity contribution in [2.75, 3.05) is 13.2 Å². The summed E-state index contributed by atoms with van der Waals surface area (Å²) in [5, 5.41) is 3.58. The first-order chi connectivity index (χ1) is 8.05. The van der Waals surface area contributed by atoms with Gasteiger partial charge in [-0.2, -0.15) is 0 Å². The van der Waals surface area contributed by atoms with E-state index < -0.39 is 0 Å². The van der Waals surface area contributed by atoms with Gasteiger partial charge in [-0.25, -0.2) is 0 Å². The van der Waals surface area contributed by atoms with Gasteiger partial charge in [-0.3, -0.25) is 0 Å². The third kappa shape index (κ3) is 3.96. The van der Waals surface area contributed by atoms with Gasteiger partial charge in [0.1, 0.15) is 0 Å². The maximum Gasteiger partial charge on any atom is 0.0730 e. The molecule has 1 N–H and O–H groups in total. The van der Waals surface area contributed by atoms with Gasteiger partial charge in [-0.1, -0.05) is 34.1 Å². The average Bonchev–Trinajstić information content (AvgIpc) is 2.32. The van der Waals surface area contributed by atoms with Crippen molar-refractivity contribution in [3.05, 3.63) is 0 Å². The number of hydrogen-bond acceptors (Lipinski definition) is 2. The zero-order chi connectivity index (χ0) is 12.9. The van der Waals surface area contributed by atoms with Gasteiger partial charge >= 0.3 is 0 Å². The molecule has 0 aliphatic heterocycles. The summed E-state index contributed by atoms with van der Waals surface area (Å²) in [6.07, 6.45) is 5.54. The van der Waals surface area contributed by atoms with Crippen LogP contribution in [-0.4, -0.2) is 25.3 Å². The SMILES string of the molecule is CCNC1CCC(C(C)(C)CC)CC1OCC. The van der Waals surface area contributed by atoms with Crippen molar-refractivity contribution < 1.29 is 4.74 Å². The summed E-state index contributed by atoms with van der Waals surface area (Å²) in [6, 6.07) is 0.573. The molecule has 0 aromatic carbocycles. The molecule has 102 valence electrons. The Kier molecular flexibility index (Phi) is 5.94.